The summed E-state index contributed by atoms with van der Waals surface area (Å²) in [4.78, 5) is 4.42. The van der Waals surface area contributed by atoms with Gasteiger partial charge in [-0.2, -0.15) is 11.8 Å². The van der Waals surface area contributed by atoms with Gasteiger partial charge in [0.05, 0.1) is 12.3 Å². The highest BCUT2D eigenvalue weighted by Crippen LogP contribution is 2.08. The van der Waals surface area contributed by atoms with Gasteiger partial charge >= 0.3 is 0 Å². The van der Waals surface area contributed by atoms with Gasteiger partial charge in [0.2, 0.25) is 5.95 Å². The Morgan fingerprint density at radius 3 is 3.07 bits per heavy atom. The molecule has 0 amide bonds. The molecule has 5 heteroatoms. The first kappa shape index (κ1) is 12.4. The third-order valence-corrected chi connectivity index (χ3v) is 2.63. The van der Waals surface area contributed by atoms with Crippen molar-refractivity contribution in [2.45, 2.75) is 13.5 Å². The Labute approximate surface area is 95.4 Å². The minimum atomic E-state index is 0.715. The molecule has 0 unspecified atom stereocenters. The number of thioether (sulfide) groups is 1. The summed E-state index contributed by atoms with van der Waals surface area (Å²) in [7, 11) is 1.71. The van der Waals surface area contributed by atoms with Crippen molar-refractivity contribution in [3.63, 3.8) is 0 Å². The number of nitrogens with zero attached hydrogens (tertiary/aromatic N) is 2. The van der Waals surface area contributed by atoms with E-state index in [0.29, 0.717) is 6.61 Å². The average molecular weight is 229 g/mol. The molecule has 1 aromatic rings. The molecule has 4 nitrogen and oxygen atoms in total. The summed E-state index contributed by atoms with van der Waals surface area (Å²) < 4.78 is 7.15. The summed E-state index contributed by atoms with van der Waals surface area (Å²) in [6.07, 6.45) is 4.14. The van der Waals surface area contributed by atoms with Gasteiger partial charge in [0.1, 0.15) is 0 Å². The number of methoxy groups -OCH3 is 1. The van der Waals surface area contributed by atoms with Crippen LogP contribution in [0.2, 0.25) is 0 Å². The van der Waals surface area contributed by atoms with Crippen LogP contribution in [0.1, 0.15) is 5.69 Å². The summed E-state index contributed by atoms with van der Waals surface area (Å²) in [5.41, 5.74) is 1.04. The van der Waals surface area contributed by atoms with Crippen LogP contribution < -0.4 is 5.32 Å². The maximum atomic E-state index is 5.06. The topological polar surface area (TPSA) is 39.1 Å². The highest BCUT2D eigenvalue weighted by atomic mass is 32.2. The molecular weight excluding hydrogens is 210 g/mol. The molecule has 15 heavy (non-hydrogen) atoms. The summed E-state index contributed by atoms with van der Waals surface area (Å²) >= 11 is 1.83. The maximum absolute atomic E-state index is 5.06. The number of rotatable bonds is 7. The molecule has 0 atom stereocenters. The quantitative estimate of drug-likeness (QED) is 0.721. The highest BCUT2D eigenvalue weighted by molar-refractivity contribution is 7.98. The van der Waals surface area contributed by atoms with Gasteiger partial charge in [0.15, 0.2) is 0 Å². The number of ether oxygens (including phenoxy) is 1. The van der Waals surface area contributed by atoms with Crippen LogP contribution in [-0.4, -0.2) is 41.8 Å². The van der Waals surface area contributed by atoms with Crippen LogP contribution in [0.3, 0.4) is 0 Å². The van der Waals surface area contributed by atoms with Crippen LogP contribution in [0, 0.1) is 6.92 Å². The first-order valence-corrected chi connectivity index (χ1v) is 6.43. The van der Waals surface area contributed by atoms with Crippen LogP contribution in [-0.2, 0) is 11.3 Å². The monoisotopic (exact) mass is 229 g/mol. The van der Waals surface area contributed by atoms with Gasteiger partial charge in [-0.05, 0) is 13.2 Å². The second-order valence-electron chi connectivity index (χ2n) is 3.31. The smallest absolute Gasteiger partial charge is 0.203 e. The Bertz CT molecular complexity index is 288. The van der Waals surface area contributed by atoms with E-state index in [9.17, 15) is 0 Å². The molecule has 0 fully saturated rings. The van der Waals surface area contributed by atoms with Gasteiger partial charge in [-0.15, -0.1) is 0 Å². The van der Waals surface area contributed by atoms with Gasteiger partial charge in [0.25, 0.3) is 0 Å². The second-order valence-corrected chi connectivity index (χ2v) is 4.30. The molecule has 1 heterocycles. The fourth-order valence-corrected chi connectivity index (χ4v) is 1.62. The molecule has 0 aromatic carbocycles. The van der Waals surface area contributed by atoms with Crippen LogP contribution in [0.15, 0.2) is 6.20 Å². The van der Waals surface area contributed by atoms with E-state index < -0.39 is 0 Å². The normalized spacial score (nSPS) is 10.6. The second kappa shape index (κ2) is 6.74. The fraction of sp³-hybridized carbons (Fsp3) is 0.700. The SMILES string of the molecule is COCCn1cc(C)nc1NCCSC. The number of aryl methyl sites for hydroxylation is 1. The Balaban J connectivity index is 2.51. The van der Waals surface area contributed by atoms with Crippen molar-refractivity contribution >= 4 is 17.7 Å². The number of nitrogens with one attached hydrogen (secondary N) is 1. The zero-order chi connectivity index (χ0) is 11.1. The minimum absolute atomic E-state index is 0.715. The summed E-state index contributed by atoms with van der Waals surface area (Å²) in [6, 6.07) is 0. The number of aromatic nitrogens is 2. The maximum Gasteiger partial charge on any atom is 0.203 e. The largest absolute Gasteiger partial charge is 0.383 e. The molecule has 0 aliphatic rings. The van der Waals surface area contributed by atoms with Crippen LogP contribution in [0.4, 0.5) is 5.95 Å². The van der Waals surface area contributed by atoms with E-state index >= 15 is 0 Å². The molecule has 0 aliphatic carbocycles. The van der Waals surface area contributed by atoms with Crippen molar-refractivity contribution in [1.29, 1.82) is 0 Å². The minimum Gasteiger partial charge on any atom is -0.383 e. The molecule has 0 saturated heterocycles. The first-order chi connectivity index (χ1) is 7.27. The van der Waals surface area contributed by atoms with Crippen molar-refractivity contribution in [3.8, 4) is 0 Å². The van der Waals surface area contributed by atoms with E-state index in [2.05, 4.69) is 21.1 Å². The lowest BCUT2D eigenvalue weighted by Crippen LogP contribution is -2.12. The predicted octanol–water partition coefficient (Wildman–Crippen LogP) is 1.61. The Morgan fingerprint density at radius 2 is 2.40 bits per heavy atom. The van der Waals surface area contributed by atoms with Gasteiger partial charge in [-0.25, -0.2) is 4.98 Å². The van der Waals surface area contributed by atoms with E-state index in [1.54, 1.807) is 7.11 Å². The number of hydrogen-bond donors (Lipinski definition) is 1. The Hall–Kier alpha value is -0.680. The van der Waals surface area contributed by atoms with E-state index in [1.807, 2.05) is 24.9 Å². The molecule has 0 saturated carbocycles. The van der Waals surface area contributed by atoms with Crippen molar-refractivity contribution in [2.24, 2.45) is 0 Å². The third kappa shape index (κ3) is 4.13. The zero-order valence-electron chi connectivity index (χ0n) is 9.62. The standard InChI is InChI=1S/C10H19N3OS/c1-9-8-13(5-6-14-2)10(12-9)11-4-7-15-3/h8H,4-7H2,1-3H3,(H,11,12). The highest BCUT2D eigenvalue weighted by Gasteiger charge is 2.03. The lowest BCUT2D eigenvalue weighted by molar-refractivity contribution is 0.187. The molecule has 1 rings (SSSR count). The Kier molecular flexibility index (Phi) is 5.57. The number of imidazole rings is 1. The van der Waals surface area contributed by atoms with E-state index in [4.69, 9.17) is 4.74 Å². The van der Waals surface area contributed by atoms with E-state index in [0.717, 1.165) is 30.5 Å². The molecule has 1 aromatic heterocycles. The van der Waals surface area contributed by atoms with Crippen LogP contribution >= 0.6 is 11.8 Å². The third-order valence-electron chi connectivity index (χ3n) is 2.02. The predicted molar refractivity (Wildman–Crippen MR) is 65.7 cm³/mol. The van der Waals surface area contributed by atoms with Gasteiger partial charge in [-0.3, -0.25) is 0 Å². The van der Waals surface area contributed by atoms with Crippen molar-refractivity contribution in [2.75, 3.05) is 37.6 Å². The van der Waals surface area contributed by atoms with E-state index in [1.165, 1.54) is 0 Å². The van der Waals surface area contributed by atoms with Gasteiger partial charge < -0.3 is 14.6 Å². The zero-order valence-corrected chi connectivity index (χ0v) is 10.4. The number of anilines is 1. The van der Waals surface area contributed by atoms with Gasteiger partial charge in [-0.1, -0.05) is 0 Å². The van der Waals surface area contributed by atoms with Crippen LogP contribution in [0.25, 0.3) is 0 Å². The van der Waals surface area contributed by atoms with Crippen molar-refractivity contribution in [1.82, 2.24) is 9.55 Å². The molecule has 0 spiro atoms. The van der Waals surface area contributed by atoms with E-state index in [-0.39, 0.29) is 0 Å². The van der Waals surface area contributed by atoms with Crippen LogP contribution in [0.5, 0.6) is 0 Å². The van der Waals surface area contributed by atoms with Gasteiger partial charge in [0, 0.05) is 32.1 Å². The average Bonchev–Trinajstić information content (AvgIpc) is 2.56. The molecular formula is C10H19N3OS. The molecule has 0 bridgehead atoms. The lowest BCUT2D eigenvalue weighted by atomic mass is 10.5. The summed E-state index contributed by atoms with van der Waals surface area (Å²) in [5.74, 6) is 2.04. The lowest BCUT2D eigenvalue weighted by Gasteiger charge is -2.08. The Morgan fingerprint density at radius 1 is 1.60 bits per heavy atom. The molecule has 1 N–H and O–H groups in total. The summed E-state index contributed by atoms with van der Waals surface area (Å²) in [5, 5.41) is 3.32. The fourth-order valence-electron chi connectivity index (χ4n) is 1.31. The van der Waals surface area contributed by atoms with Crippen molar-refractivity contribution in [3.05, 3.63) is 11.9 Å². The molecule has 0 radical (unpaired) electrons. The molecule has 0 aliphatic heterocycles. The number of hydrogen-bond acceptors (Lipinski definition) is 4. The first-order valence-electron chi connectivity index (χ1n) is 5.03. The summed E-state index contributed by atoms with van der Waals surface area (Å²) in [6.45, 7) is 4.51. The molecule has 86 valence electrons. The van der Waals surface area contributed by atoms with Crippen molar-refractivity contribution < 1.29 is 4.74 Å².